The van der Waals surface area contributed by atoms with Crippen LogP contribution in [0, 0.1) is 6.92 Å². The number of nitrogens with one attached hydrogen (secondary N) is 1. The average molecular weight is 268 g/mol. The Balaban J connectivity index is 2.13. The highest BCUT2D eigenvalue weighted by Crippen LogP contribution is 2.19. The molecule has 2 atom stereocenters. The van der Waals surface area contributed by atoms with Crippen LogP contribution in [0.1, 0.15) is 31.2 Å². The van der Waals surface area contributed by atoms with E-state index >= 15 is 0 Å². The fraction of sp³-hybridized carbons (Fsp3) is 0.538. The van der Waals surface area contributed by atoms with Crippen LogP contribution in [0.2, 0.25) is 0 Å². The lowest BCUT2D eigenvalue weighted by Gasteiger charge is -2.29. The zero-order valence-electron chi connectivity index (χ0n) is 10.6. The maximum Gasteiger partial charge on any atom is 0.240 e. The third-order valence-electron chi connectivity index (χ3n) is 3.46. The summed E-state index contributed by atoms with van der Waals surface area (Å²) in [6, 6.07) is 6.66. The van der Waals surface area contributed by atoms with Gasteiger partial charge in [-0.2, -0.15) is 0 Å². The van der Waals surface area contributed by atoms with Gasteiger partial charge in [-0.1, -0.05) is 30.5 Å². The van der Waals surface area contributed by atoms with Crippen LogP contribution in [0.15, 0.2) is 29.2 Å². The minimum Gasteiger partial charge on any atom is -0.326 e. The number of rotatable bonds is 3. The highest BCUT2D eigenvalue weighted by atomic mass is 32.2. The lowest BCUT2D eigenvalue weighted by molar-refractivity contribution is 0.361. The Hall–Kier alpha value is -0.910. The highest BCUT2D eigenvalue weighted by Gasteiger charge is 2.26. The Kier molecular flexibility index (Phi) is 4.04. The highest BCUT2D eigenvalue weighted by molar-refractivity contribution is 7.89. The molecule has 0 saturated heterocycles. The minimum absolute atomic E-state index is 0.0704. The third-order valence-corrected chi connectivity index (χ3v) is 4.96. The Labute approximate surface area is 109 Å². The number of hydrogen-bond acceptors (Lipinski definition) is 3. The molecular formula is C13H20N2O2S. The van der Waals surface area contributed by atoms with Crippen molar-refractivity contribution in [2.24, 2.45) is 5.73 Å². The second-order valence-electron chi connectivity index (χ2n) is 4.99. The SMILES string of the molecule is Cc1ccc(S(=O)(=O)NC2CCCC[C@@H]2N)cc1. The van der Waals surface area contributed by atoms with Crippen molar-refractivity contribution in [1.29, 1.82) is 0 Å². The summed E-state index contributed by atoms with van der Waals surface area (Å²) in [6.45, 7) is 1.93. The van der Waals surface area contributed by atoms with E-state index in [-0.39, 0.29) is 12.1 Å². The number of nitrogens with two attached hydrogens (primary N) is 1. The van der Waals surface area contributed by atoms with Gasteiger partial charge in [0, 0.05) is 12.1 Å². The second kappa shape index (κ2) is 5.38. The molecule has 5 heteroatoms. The molecule has 1 aliphatic rings. The molecule has 0 spiro atoms. The summed E-state index contributed by atoms with van der Waals surface area (Å²) in [7, 11) is -3.44. The van der Waals surface area contributed by atoms with E-state index in [1.54, 1.807) is 24.3 Å². The first-order chi connectivity index (χ1) is 8.49. The smallest absolute Gasteiger partial charge is 0.240 e. The largest absolute Gasteiger partial charge is 0.326 e. The van der Waals surface area contributed by atoms with E-state index in [4.69, 9.17) is 5.73 Å². The summed E-state index contributed by atoms with van der Waals surface area (Å²) in [6.07, 6.45) is 3.84. The molecule has 0 aliphatic heterocycles. The Morgan fingerprint density at radius 1 is 1.17 bits per heavy atom. The average Bonchev–Trinajstić information content (AvgIpc) is 2.32. The lowest BCUT2D eigenvalue weighted by atomic mass is 9.92. The molecule has 4 nitrogen and oxygen atoms in total. The van der Waals surface area contributed by atoms with Crippen LogP contribution >= 0.6 is 0 Å². The molecule has 1 saturated carbocycles. The van der Waals surface area contributed by atoms with Gasteiger partial charge in [-0.25, -0.2) is 13.1 Å². The fourth-order valence-electron chi connectivity index (χ4n) is 2.29. The molecule has 3 N–H and O–H groups in total. The minimum atomic E-state index is -3.44. The summed E-state index contributed by atoms with van der Waals surface area (Å²) >= 11 is 0. The van der Waals surface area contributed by atoms with Gasteiger partial charge in [0.15, 0.2) is 0 Å². The van der Waals surface area contributed by atoms with Gasteiger partial charge in [0.05, 0.1) is 4.90 Å². The van der Waals surface area contributed by atoms with Gasteiger partial charge in [-0.3, -0.25) is 0 Å². The van der Waals surface area contributed by atoms with Crippen molar-refractivity contribution in [1.82, 2.24) is 4.72 Å². The summed E-state index contributed by atoms with van der Waals surface area (Å²) in [4.78, 5) is 0.311. The Morgan fingerprint density at radius 3 is 2.39 bits per heavy atom. The number of hydrogen-bond donors (Lipinski definition) is 2. The van der Waals surface area contributed by atoms with Crippen LogP contribution in [0.4, 0.5) is 0 Å². The maximum atomic E-state index is 12.2. The van der Waals surface area contributed by atoms with E-state index in [9.17, 15) is 8.42 Å². The van der Waals surface area contributed by atoms with Gasteiger partial charge in [0.1, 0.15) is 0 Å². The number of sulfonamides is 1. The molecular weight excluding hydrogens is 248 g/mol. The summed E-state index contributed by atoms with van der Waals surface area (Å²) < 4.78 is 27.1. The van der Waals surface area contributed by atoms with Gasteiger partial charge in [0.25, 0.3) is 0 Å². The molecule has 1 aliphatic carbocycles. The molecule has 0 bridgehead atoms. The molecule has 1 aromatic rings. The fourth-order valence-corrected chi connectivity index (χ4v) is 3.61. The van der Waals surface area contributed by atoms with Crippen molar-refractivity contribution in [3.8, 4) is 0 Å². The zero-order valence-corrected chi connectivity index (χ0v) is 11.4. The quantitative estimate of drug-likeness (QED) is 0.873. The van der Waals surface area contributed by atoms with Crippen molar-refractivity contribution in [2.45, 2.75) is 49.6 Å². The molecule has 1 fully saturated rings. The van der Waals surface area contributed by atoms with Crippen LogP contribution < -0.4 is 10.5 Å². The molecule has 0 heterocycles. The lowest BCUT2D eigenvalue weighted by Crippen LogP contribution is -2.49. The van der Waals surface area contributed by atoms with E-state index in [0.717, 1.165) is 31.2 Å². The van der Waals surface area contributed by atoms with E-state index < -0.39 is 10.0 Å². The van der Waals surface area contributed by atoms with Crippen LogP contribution in [0.5, 0.6) is 0 Å². The first-order valence-corrected chi connectivity index (χ1v) is 7.82. The van der Waals surface area contributed by atoms with E-state index in [0.29, 0.717) is 4.90 Å². The molecule has 0 amide bonds. The molecule has 100 valence electrons. The molecule has 0 radical (unpaired) electrons. The normalized spacial score (nSPS) is 25.0. The Bertz CT molecular complexity index is 496. The Morgan fingerprint density at radius 2 is 1.78 bits per heavy atom. The predicted octanol–water partition coefficient (Wildman–Crippen LogP) is 1.54. The summed E-state index contributed by atoms with van der Waals surface area (Å²) in [5, 5.41) is 0. The summed E-state index contributed by atoms with van der Waals surface area (Å²) in [5.41, 5.74) is 7.01. The van der Waals surface area contributed by atoms with Crippen LogP contribution in [0.3, 0.4) is 0 Å². The molecule has 1 unspecified atom stereocenters. The molecule has 1 aromatic carbocycles. The molecule has 0 aromatic heterocycles. The van der Waals surface area contributed by atoms with Gasteiger partial charge in [-0.15, -0.1) is 0 Å². The number of benzene rings is 1. The first-order valence-electron chi connectivity index (χ1n) is 6.33. The molecule has 18 heavy (non-hydrogen) atoms. The summed E-state index contributed by atoms with van der Waals surface area (Å²) in [5.74, 6) is 0. The van der Waals surface area contributed by atoms with E-state index in [2.05, 4.69) is 4.72 Å². The van der Waals surface area contributed by atoms with Gasteiger partial charge >= 0.3 is 0 Å². The van der Waals surface area contributed by atoms with Gasteiger partial charge < -0.3 is 5.73 Å². The zero-order chi connectivity index (χ0) is 13.2. The first kappa shape index (κ1) is 13.5. The third kappa shape index (κ3) is 3.10. The standard InChI is InChI=1S/C13H20N2O2S/c1-10-6-8-11(9-7-10)18(16,17)15-13-5-3-2-4-12(13)14/h6-9,12-13,15H,2-5,14H2,1H3/t12-,13?/m0/s1. The maximum absolute atomic E-state index is 12.2. The van der Waals surface area contributed by atoms with Crippen LogP contribution in [0.25, 0.3) is 0 Å². The van der Waals surface area contributed by atoms with Crippen molar-refractivity contribution < 1.29 is 8.42 Å². The van der Waals surface area contributed by atoms with Gasteiger partial charge in [0.2, 0.25) is 10.0 Å². The van der Waals surface area contributed by atoms with Gasteiger partial charge in [-0.05, 0) is 31.9 Å². The molecule has 2 rings (SSSR count). The van der Waals surface area contributed by atoms with Crippen molar-refractivity contribution >= 4 is 10.0 Å². The van der Waals surface area contributed by atoms with E-state index in [1.807, 2.05) is 6.92 Å². The van der Waals surface area contributed by atoms with Crippen LogP contribution in [-0.4, -0.2) is 20.5 Å². The van der Waals surface area contributed by atoms with Crippen molar-refractivity contribution in [3.05, 3.63) is 29.8 Å². The monoisotopic (exact) mass is 268 g/mol. The van der Waals surface area contributed by atoms with E-state index in [1.165, 1.54) is 0 Å². The second-order valence-corrected chi connectivity index (χ2v) is 6.70. The van der Waals surface area contributed by atoms with Crippen LogP contribution in [-0.2, 0) is 10.0 Å². The topological polar surface area (TPSA) is 72.2 Å². The van der Waals surface area contributed by atoms with Crippen molar-refractivity contribution in [3.63, 3.8) is 0 Å². The predicted molar refractivity (Wildman–Crippen MR) is 71.7 cm³/mol. The van der Waals surface area contributed by atoms with Crippen molar-refractivity contribution in [2.75, 3.05) is 0 Å². The number of aryl methyl sites for hydroxylation is 1.